The lowest BCUT2D eigenvalue weighted by Crippen LogP contribution is -2.36. The fourth-order valence-corrected chi connectivity index (χ4v) is 3.93. The largest absolute Gasteiger partial charge is 0.481 e. The van der Waals surface area contributed by atoms with Gasteiger partial charge in [0.15, 0.2) is 0 Å². The lowest BCUT2D eigenvalue weighted by molar-refractivity contribution is -0.138. The molecule has 224 valence electrons. The Kier molecular flexibility index (Phi) is 26.4. The van der Waals surface area contributed by atoms with Gasteiger partial charge in [0.05, 0.1) is 91.0 Å². The fourth-order valence-electron chi connectivity index (χ4n) is 3.32. The molecular formula is C26H49NO10S. The molecule has 0 bridgehead atoms. The van der Waals surface area contributed by atoms with Crippen molar-refractivity contribution in [2.24, 2.45) is 5.92 Å². The minimum atomic E-state index is -0.999. The Morgan fingerprint density at radius 3 is 1.58 bits per heavy atom. The van der Waals surface area contributed by atoms with Crippen LogP contribution in [-0.4, -0.2) is 120 Å². The summed E-state index contributed by atoms with van der Waals surface area (Å²) < 4.78 is 32.6. The number of ketones is 1. The van der Waals surface area contributed by atoms with Crippen LogP contribution >= 0.6 is 11.8 Å². The lowest BCUT2D eigenvalue weighted by Gasteiger charge is -2.12. The van der Waals surface area contributed by atoms with E-state index in [1.54, 1.807) is 6.26 Å². The third kappa shape index (κ3) is 22.7. The second kappa shape index (κ2) is 27.3. The molecule has 38 heavy (non-hydrogen) atoms. The van der Waals surface area contributed by atoms with E-state index in [1.165, 1.54) is 11.8 Å². The highest BCUT2D eigenvalue weighted by atomic mass is 32.2. The van der Waals surface area contributed by atoms with Gasteiger partial charge in [-0.3, -0.25) is 14.4 Å². The average molecular weight is 568 g/mol. The van der Waals surface area contributed by atoms with E-state index in [4.69, 9.17) is 33.5 Å². The number of hydrogen-bond donors (Lipinski definition) is 2. The van der Waals surface area contributed by atoms with E-state index in [2.05, 4.69) is 19.2 Å². The molecule has 0 fully saturated rings. The summed E-state index contributed by atoms with van der Waals surface area (Å²) in [4.78, 5) is 34.6. The Balaban J connectivity index is 3.31. The lowest BCUT2D eigenvalue weighted by atomic mass is 9.94. The van der Waals surface area contributed by atoms with Crippen LogP contribution in [0.1, 0.15) is 46.0 Å². The van der Waals surface area contributed by atoms with Crippen molar-refractivity contribution >= 4 is 29.4 Å². The van der Waals surface area contributed by atoms with Crippen LogP contribution in [0.25, 0.3) is 0 Å². The molecule has 0 rings (SSSR count). The maximum atomic E-state index is 12.0. The Morgan fingerprint density at radius 1 is 0.737 bits per heavy atom. The Labute approximate surface area is 231 Å². The van der Waals surface area contributed by atoms with Crippen molar-refractivity contribution in [3.05, 3.63) is 0 Å². The number of rotatable bonds is 29. The summed E-state index contributed by atoms with van der Waals surface area (Å²) in [7, 11) is 0. The van der Waals surface area contributed by atoms with Crippen LogP contribution < -0.4 is 5.32 Å². The van der Waals surface area contributed by atoms with Gasteiger partial charge in [-0.25, -0.2) is 0 Å². The van der Waals surface area contributed by atoms with Gasteiger partial charge >= 0.3 is 5.97 Å². The number of ether oxygens (including phenoxy) is 6. The topological polar surface area (TPSA) is 139 Å². The molecular weight excluding hydrogens is 518 g/mol. The van der Waals surface area contributed by atoms with Crippen molar-refractivity contribution in [3.63, 3.8) is 0 Å². The Bertz CT molecular complexity index is 596. The second-order valence-corrected chi connectivity index (χ2v) is 9.44. The minimum absolute atomic E-state index is 0.167. The number of carboxylic acid groups (broad SMARTS) is 1. The highest BCUT2D eigenvalue weighted by Crippen LogP contribution is 2.13. The van der Waals surface area contributed by atoms with Gasteiger partial charge in [-0.05, 0) is 19.1 Å². The predicted molar refractivity (Wildman–Crippen MR) is 146 cm³/mol. The zero-order chi connectivity index (χ0) is 28.3. The van der Waals surface area contributed by atoms with E-state index in [1.807, 2.05) is 0 Å². The number of Topliss-reactive ketones (excluding diaryl/α,β-unsaturated/α-hetero) is 1. The molecule has 0 heterocycles. The van der Waals surface area contributed by atoms with Crippen molar-refractivity contribution in [1.29, 1.82) is 0 Å². The summed E-state index contributed by atoms with van der Waals surface area (Å²) in [6, 6.07) is 0. The summed E-state index contributed by atoms with van der Waals surface area (Å²) >= 11 is 1.21. The number of aliphatic carboxylic acids is 1. The number of nitrogens with one attached hydrogen (secondary N) is 1. The molecule has 0 aromatic rings. The van der Waals surface area contributed by atoms with Gasteiger partial charge in [-0.1, -0.05) is 20.3 Å². The molecule has 0 aliphatic heterocycles. The van der Waals surface area contributed by atoms with Crippen molar-refractivity contribution < 1.29 is 47.9 Å². The van der Waals surface area contributed by atoms with Crippen molar-refractivity contribution in [1.82, 2.24) is 5.32 Å². The van der Waals surface area contributed by atoms with Crippen LogP contribution in [0, 0.1) is 5.92 Å². The molecule has 0 saturated carbocycles. The van der Waals surface area contributed by atoms with Gasteiger partial charge in [-0.15, -0.1) is 0 Å². The minimum Gasteiger partial charge on any atom is -0.481 e. The van der Waals surface area contributed by atoms with Gasteiger partial charge in [-0.2, -0.15) is 11.8 Å². The van der Waals surface area contributed by atoms with Gasteiger partial charge in [0.1, 0.15) is 5.78 Å². The van der Waals surface area contributed by atoms with E-state index in [-0.39, 0.29) is 18.2 Å². The SMILES string of the molecule is CCCC(CC)C(=O)CCOCCOCCOCCOCCOCCOCCNC(=O)C(CC(=O)O)SC. The standard InChI is InChI=1S/C26H49NO10S/c1-4-6-22(5-2)23(28)7-9-32-11-13-34-15-17-36-19-20-37-18-16-35-14-12-33-10-8-27-26(31)24(38-3)21-25(29)30/h22,24H,4-21H2,1-3H3,(H,27,31)(H,29,30). The van der Waals surface area contributed by atoms with Gasteiger partial charge < -0.3 is 38.8 Å². The molecule has 0 aromatic carbocycles. The second-order valence-electron chi connectivity index (χ2n) is 8.40. The first-order chi connectivity index (χ1) is 18.5. The highest BCUT2D eigenvalue weighted by Gasteiger charge is 2.19. The first kappa shape index (κ1) is 36.7. The molecule has 0 aliphatic carbocycles. The summed E-state index contributed by atoms with van der Waals surface area (Å²) in [5.41, 5.74) is 0. The van der Waals surface area contributed by atoms with Crippen LogP contribution in [0.15, 0.2) is 0 Å². The van der Waals surface area contributed by atoms with E-state index >= 15 is 0 Å². The molecule has 2 atom stereocenters. The molecule has 0 aromatic heterocycles. The highest BCUT2D eigenvalue weighted by molar-refractivity contribution is 7.99. The number of hydrogen-bond acceptors (Lipinski definition) is 10. The van der Waals surface area contributed by atoms with Crippen molar-refractivity contribution in [2.45, 2.75) is 51.2 Å². The summed E-state index contributed by atoms with van der Waals surface area (Å²) in [6.45, 7) is 9.77. The van der Waals surface area contributed by atoms with Gasteiger partial charge in [0.25, 0.3) is 0 Å². The third-order valence-electron chi connectivity index (χ3n) is 5.42. The molecule has 2 N–H and O–H groups in total. The number of carbonyl (C=O) groups excluding carboxylic acids is 2. The first-order valence-electron chi connectivity index (χ1n) is 13.5. The summed E-state index contributed by atoms with van der Waals surface area (Å²) in [6.07, 6.45) is 4.86. The maximum absolute atomic E-state index is 12.0. The summed E-state index contributed by atoms with van der Waals surface area (Å²) in [5, 5.41) is 10.8. The molecule has 0 spiro atoms. The van der Waals surface area contributed by atoms with Gasteiger partial charge in [0, 0.05) is 18.9 Å². The van der Waals surface area contributed by atoms with Gasteiger partial charge in [0.2, 0.25) is 5.91 Å². The van der Waals surface area contributed by atoms with Crippen LogP contribution in [0.5, 0.6) is 0 Å². The third-order valence-corrected chi connectivity index (χ3v) is 6.37. The predicted octanol–water partition coefficient (Wildman–Crippen LogP) is 2.19. The van der Waals surface area contributed by atoms with E-state index in [0.717, 1.165) is 19.3 Å². The zero-order valence-corrected chi connectivity index (χ0v) is 24.2. The normalized spacial score (nSPS) is 12.8. The number of amides is 1. The molecule has 0 saturated heterocycles. The molecule has 12 heteroatoms. The zero-order valence-electron chi connectivity index (χ0n) is 23.4. The van der Waals surface area contributed by atoms with E-state index < -0.39 is 11.2 Å². The average Bonchev–Trinajstić information content (AvgIpc) is 2.90. The molecule has 0 radical (unpaired) electrons. The monoisotopic (exact) mass is 567 g/mol. The Hall–Kier alpha value is -1.28. The maximum Gasteiger partial charge on any atom is 0.305 e. The van der Waals surface area contributed by atoms with Crippen LogP contribution in [0.4, 0.5) is 0 Å². The first-order valence-corrected chi connectivity index (χ1v) is 14.8. The van der Waals surface area contributed by atoms with Crippen LogP contribution in [0.2, 0.25) is 0 Å². The van der Waals surface area contributed by atoms with E-state index in [9.17, 15) is 14.4 Å². The fraction of sp³-hybridized carbons (Fsp3) is 0.885. The quantitative estimate of drug-likeness (QED) is 0.129. The Morgan fingerprint density at radius 2 is 1.18 bits per heavy atom. The smallest absolute Gasteiger partial charge is 0.305 e. The number of thioether (sulfide) groups is 1. The van der Waals surface area contributed by atoms with Crippen LogP contribution in [0.3, 0.4) is 0 Å². The number of carboxylic acids is 1. The molecule has 11 nitrogen and oxygen atoms in total. The van der Waals surface area contributed by atoms with Crippen molar-refractivity contribution in [3.8, 4) is 0 Å². The summed E-state index contributed by atoms with van der Waals surface area (Å²) in [5.74, 6) is -0.837. The number of carbonyl (C=O) groups is 3. The van der Waals surface area contributed by atoms with Crippen LogP contribution in [-0.2, 0) is 42.8 Å². The molecule has 1 amide bonds. The van der Waals surface area contributed by atoms with Crippen molar-refractivity contribution in [2.75, 3.05) is 92.1 Å². The molecule has 2 unspecified atom stereocenters. The molecule has 0 aliphatic rings. The van der Waals surface area contributed by atoms with E-state index in [0.29, 0.717) is 98.0 Å².